The number of alkyl halides is 3. The van der Waals surface area contributed by atoms with Crippen LogP contribution in [0.4, 0.5) is 17.6 Å². The maximum atomic E-state index is 13.9. The van der Waals surface area contributed by atoms with Crippen LogP contribution in [0, 0.1) is 12.7 Å². The lowest BCUT2D eigenvalue weighted by atomic mass is 10.0. The Morgan fingerprint density at radius 1 is 1.00 bits per heavy atom. The van der Waals surface area contributed by atoms with Crippen LogP contribution in [0.3, 0.4) is 0 Å². The average Bonchev–Trinajstić information content (AvgIpc) is 3.02. The van der Waals surface area contributed by atoms with Gasteiger partial charge in [0.05, 0.1) is 16.3 Å². The molecule has 0 saturated carbocycles. The average molecular weight is 398 g/mol. The fourth-order valence-electron chi connectivity index (χ4n) is 2.53. The van der Waals surface area contributed by atoms with Gasteiger partial charge in [-0.25, -0.2) is 17.8 Å². The van der Waals surface area contributed by atoms with Crippen LogP contribution in [0.5, 0.6) is 0 Å². The van der Waals surface area contributed by atoms with E-state index in [2.05, 4.69) is 9.97 Å². The first-order chi connectivity index (χ1) is 12.5. The number of H-pyrrole nitrogens is 1. The molecule has 0 unspecified atom stereocenters. The van der Waals surface area contributed by atoms with Crippen molar-refractivity contribution in [3.05, 3.63) is 59.7 Å². The van der Waals surface area contributed by atoms with E-state index in [1.165, 1.54) is 43.3 Å². The molecule has 142 valence electrons. The maximum Gasteiger partial charge on any atom is 0.449 e. The van der Waals surface area contributed by atoms with Crippen molar-refractivity contribution in [2.24, 2.45) is 0 Å². The molecule has 4 nitrogen and oxygen atoms in total. The van der Waals surface area contributed by atoms with E-state index in [9.17, 15) is 26.0 Å². The Labute approximate surface area is 152 Å². The second-order valence-electron chi connectivity index (χ2n) is 6.07. The van der Waals surface area contributed by atoms with E-state index >= 15 is 0 Å². The van der Waals surface area contributed by atoms with E-state index in [4.69, 9.17) is 0 Å². The first kappa shape index (κ1) is 19.1. The molecule has 0 spiro atoms. The summed E-state index contributed by atoms with van der Waals surface area (Å²) < 4.78 is 76.4. The molecule has 3 aromatic rings. The van der Waals surface area contributed by atoms with Crippen molar-refractivity contribution in [1.82, 2.24) is 9.97 Å². The van der Waals surface area contributed by atoms with Crippen LogP contribution < -0.4 is 0 Å². The summed E-state index contributed by atoms with van der Waals surface area (Å²) in [5.74, 6) is -1.78. The van der Waals surface area contributed by atoms with Crippen molar-refractivity contribution in [1.29, 1.82) is 0 Å². The molecule has 0 radical (unpaired) electrons. The molecule has 0 amide bonds. The summed E-state index contributed by atoms with van der Waals surface area (Å²) in [6.07, 6.45) is -3.69. The third-order valence-corrected chi connectivity index (χ3v) is 5.12. The van der Waals surface area contributed by atoms with Gasteiger partial charge in [0.1, 0.15) is 5.82 Å². The minimum atomic E-state index is -4.72. The maximum absolute atomic E-state index is 13.9. The number of sulfone groups is 1. The summed E-state index contributed by atoms with van der Waals surface area (Å²) in [4.78, 5) is 5.86. The molecule has 0 aliphatic carbocycles. The molecule has 0 atom stereocenters. The normalized spacial score (nSPS) is 12.4. The van der Waals surface area contributed by atoms with E-state index in [0.717, 1.165) is 12.3 Å². The van der Waals surface area contributed by atoms with Gasteiger partial charge in [-0.2, -0.15) is 13.2 Å². The zero-order chi connectivity index (χ0) is 20.0. The Hall–Kier alpha value is -2.68. The summed E-state index contributed by atoms with van der Waals surface area (Å²) in [7, 11) is -3.45. The Morgan fingerprint density at radius 3 is 2.11 bits per heavy atom. The highest BCUT2D eigenvalue weighted by Crippen LogP contribution is 2.36. The van der Waals surface area contributed by atoms with Crippen molar-refractivity contribution in [2.45, 2.75) is 18.0 Å². The SMILES string of the molecule is Cc1ccc(-c2[nH]c(C(F)(F)F)nc2-c2ccc(S(C)(=O)=O)cc2)cc1F. The fourth-order valence-corrected chi connectivity index (χ4v) is 3.16. The summed E-state index contributed by atoms with van der Waals surface area (Å²) in [6, 6.07) is 9.35. The quantitative estimate of drug-likeness (QED) is 0.655. The zero-order valence-electron chi connectivity index (χ0n) is 14.2. The van der Waals surface area contributed by atoms with E-state index in [-0.39, 0.29) is 27.4 Å². The molecule has 1 N–H and O–H groups in total. The molecule has 0 fully saturated rings. The Balaban J connectivity index is 2.19. The fraction of sp³-hybridized carbons (Fsp3) is 0.167. The number of imidazole rings is 1. The van der Waals surface area contributed by atoms with Crippen molar-refractivity contribution < 1.29 is 26.0 Å². The number of benzene rings is 2. The highest BCUT2D eigenvalue weighted by atomic mass is 32.2. The number of aromatic nitrogens is 2. The van der Waals surface area contributed by atoms with Gasteiger partial charge in [0.25, 0.3) is 0 Å². The monoisotopic (exact) mass is 398 g/mol. The van der Waals surface area contributed by atoms with Gasteiger partial charge in [-0.15, -0.1) is 0 Å². The van der Waals surface area contributed by atoms with Crippen LogP contribution in [0.2, 0.25) is 0 Å². The van der Waals surface area contributed by atoms with E-state index in [0.29, 0.717) is 5.56 Å². The molecule has 0 aliphatic rings. The standard InChI is InChI=1S/C18H14F4N2O2S/c1-10-3-4-12(9-14(10)19)16-15(23-17(24-16)18(20,21)22)11-5-7-13(8-6-11)27(2,25)26/h3-9H,1-2H3,(H,23,24). The molecule has 1 heterocycles. The number of aromatic amines is 1. The van der Waals surface area contributed by atoms with Crippen LogP contribution >= 0.6 is 0 Å². The molecular weight excluding hydrogens is 384 g/mol. The van der Waals surface area contributed by atoms with Crippen LogP contribution in [-0.2, 0) is 16.0 Å². The predicted molar refractivity (Wildman–Crippen MR) is 92.3 cm³/mol. The first-order valence-corrected chi connectivity index (χ1v) is 9.60. The Bertz CT molecular complexity index is 1100. The number of nitrogens with one attached hydrogen (secondary N) is 1. The molecule has 0 saturated heterocycles. The first-order valence-electron chi connectivity index (χ1n) is 7.71. The lowest BCUT2D eigenvalue weighted by Gasteiger charge is -2.06. The van der Waals surface area contributed by atoms with Crippen molar-refractivity contribution in [3.63, 3.8) is 0 Å². The largest absolute Gasteiger partial charge is 0.449 e. The van der Waals surface area contributed by atoms with Crippen LogP contribution in [0.1, 0.15) is 11.4 Å². The van der Waals surface area contributed by atoms with Crippen molar-refractivity contribution >= 4 is 9.84 Å². The molecule has 2 aromatic carbocycles. The summed E-state index contributed by atoms with van der Waals surface area (Å²) in [5.41, 5.74) is 0.765. The van der Waals surface area contributed by atoms with Crippen LogP contribution in [0.15, 0.2) is 47.4 Å². The zero-order valence-corrected chi connectivity index (χ0v) is 15.0. The second-order valence-corrected chi connectivity index (χ2v) is 8.08. The highest BCUT2D eigenvalue weighted by molar-refractivity contribution is 7.90. The number of nitrogens with zero attached hydrogens (tertiary/aromatic N) is 1. The summed E-state index contributed by atoms with van der Waals surface area (Å²) in [6.45, 7) is 1.54. The minimum Gasteiger partial charge on any atom is -0.334 e. The molecule has 0 aliphatic heterocycles. The number of hydrogen-bond acceptors (Lipinski definition) is 3. The lowest BCUT2D eigenvalue weighted by molar-refractivity contribution is -0.144. The van der Waals surface area contributed by atoms with Crippen molar-refractivity contribution in [3.8, 4) is 22.5 Å². The smallest absolute Gasteiger partial charge is 0.334 e. The van der Waals surface area contributed by atoms with Crippen LogP contribution in [0.25, 0.3) is 22.5 Å². The Kier molecular flexibility index (Phi) is 4.59. The van der Waals surface area contributed by atoms with Gasteiger partial charge >= 0.3 is 6.18 Å². The molecule has 0 bridgehead atoms. The number of rotatable bonds is 3. The topological polar surface area (TPSA) is 62.8 Å². The summed E-state index contributed by atoms with van der Waals surface area (Å²) >= 11 is 0. The van der Waals surface area contributed by atoms with E-state index in [1.807, 2.05) is 0 Å². The minimum absolute atomic E-state index is 0.00618. The van der Waals surface area contributed by atoms with E-state index < -0.39 is 27.7 Å². The molecular formula is C18H14F4N2O2S. The predicted octanol–water partition coefficient (Wildman–Crippen LogP) is 4.61. The van der Waals surface area contributed by atoms with Gasteiger partial charge in [-0.3, -0.25) is 0 Å². The van der Waals surface area contributed by atoms with Gasteiger partial charge in [0.2, 0.25) is 5.82 Å². The van der Waals surface area contributed by atoms with Crippen molar-refractivity contribution in [2.75, 3.05) is 6.26 Å². The van der Waals surface area contributed by atoms with Gasteiger partial charge in [-0.1, -0.05) is 24.3 Å². The third-order valence-electron chi connectivity index (χ3n) is 3.99. The molecule has 9 heteroatoms. The van der Waals surface area contributed by atoms with Gasteiger partial charge in [-0.05, 0) is 30.7 Å². The molecule has 27 heavy (non-hydrogen) atoms. The van der Waals surface area contributed by atoms with E-state index in [1.54, 1.807) is 0 Å². The molecule has 3 rings (SSSR count). The number of aryl methyl sites for hydroxylation is 1. The lowest BCUT2D eigenvalue weighted by Crippen LogP contribution is -2.07. The van der Waals surface area contributed by atoms with Gasteiger partial charge < -0.3 is 4.98 Å². The van der Waals surface area contributed by atoms with Gasteiger partial charge in [0, 0.05) is 17.4 Å². The molecule has 1 aromatic heterocycles. The number of halogens is 4. The number of hydrogen-bond donors (Lipinski definition) is 1. The second kappa shape index (κ2) is 6.49. The van der Waals surface area contributed by atoms with Crippen LogP contribution in [-0.4, -0.2) is 24.6 Å². The summed E-state index contributed by atoms with van der Waals surface area (Å²) in [5, 5.41) is 0. The highest BCUT2D eigenvalue weighted by Gasteiger charge is 2.36. The van der Waals surface area contributed by atoms with Gasteiger partial charge in [0.15, 0.2) is 9.84 Å². The Morgan fingerprint density at radius 2 is 1.59 bits per heavy atom. The third kappa shape index (κ3) is 3.87.